The van der Waals surface area contributed by atoms with E-state index in [0.717, 1.165) is 23.1 Å². The molecule has 0 fully saturated rings. The van der Waals surface area contributed by atoms with Crippen molar-refractivity contribution in [3.05, 3.63) is 16.4 Å². The average Bonchev–Trinajstić information content (AvgIpc) is 2.70. The summed E-state index contributed by atoms with van der Waals surface area (Å²) >= 11 is 3.62. The predicted octanol–water partition coefficient (Wildman–Crippen LogP) is 4.08. The maximum Gasteiger partial charge on any atom is 0.0741 e. The van der Waals surface area contributed by atoms with Gasteiger partial charge in [0.05, 0.1) is 34.6 Å². The number of nitrogens with zero attached hydrogens (tertiary/aromatic N) is 2. The number of rotatable bonds is 7. The minimum Gasteiger partial charge on any atom is -0.374 e. The molecule has 0 saturated heterocycles. The van der Waals surface area contributed by atoms with E-state index in [2.05, 4.69) is 72.6 Å². The van der Waals surface area contributed by atoms with Crippen molar-refractivity contribution in [3.8, 4) is 0 Å². The zero-order valence-corrected chi connectivity index (χ0v) is 15.1. The highest BCUT2D eigenvalue weighted by Gasteiger charge is 2.23. The van der Waals surface area contributed by atoms with E-state index in [1.54, 1.807) is 0 Å². The quantitative estimate of drug-likeness (QED) is 0.808. The Bertz CT molecular complexity index is 410. The van der Waals surface area contributed by atoms with Gasteiger partial charge in [-0.3, -0.25) is 4.68 Å². The van der Waals surface area contributed by atoms with Gasteiger partial charge in [0.2, 0.25) is 0 Å². The van der Waals surface area contributed by atoms with Crippen molar-refractivity contribution in [1.29, 1.82) is 0 Å². The van der Waals surface area contributed by atoms with Gasteiger partial charge in [0.1, 0.15) is 0 Å². The zero-order chi connectivity index (χ0) is 15.3. The molecular formula is C15H28BrN3O. The predicted molar refractivity (Wildman–Crippen MR) is 87.1 cm³/mol. The number of hydrogen-bond donors (Lipinski definition) is 1. The molecule has 1 aromatic rings. The second-order valence-corrected chi connectivity index (χ2v) is 7.20. The minimum atomic E-state index is -0.138. The second kappa shape index (κ2) is 7.57. The Morgan fingerprint density at radius 3 is 2.55 bits per heavy atom. The summed E-state index contributed by atoms with van der Waals surface area (Å²) in [5.74, 6) is 0. The van der Waals surface area contributed by atoms with Crippen molar-refractivity contribution >= 4 is 15.9 Å². The van der Waals surface area contributed by atoms with Crippen LogP contribution in [0.3, 0.4) is 0 Å². The van der Waals surface area contributed by atoms with Gasteiger partial charge in [-0.15, -0.1) is 0 Å². The third-order valence-corrected chi connectivity index (χ3v) is 3.54. The van der Waals surface area contributed by atoms with Gasteiger partial charge in [0, 0.05) is 6.04 Å². The maximum atomic E-state index is 5.98. The van der Waals surface area contributed by atoms with Crippen molar-refractivity contribution in [2.45, 2.75) is 65.6 Å². The Labute approximate surface area is 131 Å². The number of nitrogens with one attached hydrogen (secondary N) is 1. The Balaban J connectivity index is 2.94. The molecule has 0 aromatic carbocycles. The maximum absolute atomic E-state index is 5.98. The third kappa shape index (κ3) is 5.19. The van der Waals surface area contributed by atoms with Crippen molar-refractivity contribution in [3.63, 3.8) is 0 Å². The zero-order valence-electron chi connectivity index (χ0n) is 13.5. The van der Waals surface area contributed by atoms with Gasteiger partial charge >= 0.3 is 0 Å². The highest BCUT2D eigenvalue weighted by Crippen LogP contribution is 2.27. The summed E-state index contributed by atoms with van der Waals surface area (Å²) in [7, 11) is 0. The van der Waals surface area contributed by atoms with E-state index >= 15 is 0 Å². The summed E-state index contributed by atoms with van der Waals surface area (Å²) in [6, 6.07) is 0.477. The Hall–Kier alpha value is -0.390. The van der Waals surface area contributed by atoms with Crippen molar-refractivity contribution in [2.24, 2.45) is 0 Å². The fraction of sp³-hybridized carbons (Fsp3) is 0.800. The molecule has 1 aromatic heterocycles. The van der Waals surface area contributed by atoms with Crippen LogP contribution in [0.1, 0.15) is 65.7 Å². The van der Waals surface area contributed by atoms with E-state index in [4.69, 9.17) is 4.74 Å². The molecule has 20 heavy (non-hydrogen) atoms. The van der Waals surface area contributed by atoms with Crippen LogP contribution in [0.5, 0.6) is 0 Å². The van der Waals surface area contributed by atoms with E-state index < -0.39 is 0 Å². The van der Waals surface area contributed by atoms with Crippen LogP contribution in [0.4, 0.5) is 0 Å². The van der Waals surface area contributed by atoms with Crippen LogP contribution in [0, 0.1) is 0 Å². The summed E-state index contributed by atoms with van der Waals surface area (Å²) in [5, 5.41) is 8.03. The molecular weight excluding hydrogens is 318 g/mol. The van der Waals surface area contributed by atoms with Gasteiger partial charge in [0.25, 0.3) is 0 Å². The van der Waals surface area contributed by atoms with E-state index in [1.807, 2.05) is 6.20 Å². The normalized spacial score (nSPS) is 14.0. The Kier molecular flexibility index (Phi) is 6.69. The fourth-order valence-electron chi connectivity index (χ4n) is 1.97. The molecule has 0 bridgehead atoms. The number of halogens is 1. The largest absolute Gasteiger partial charge is 0.374 e. The van der Waals surface area contributed by atoms with E-state index in [1.165, 1.54) is 0 Å². The molecule has 1 rings (SSSR count). The average molecular weight is 346 g/mol. The first-order valence-electron chi connectivity index (χ1n) is 7.36. The van der Waals surface area contributed by atoms with E-state index in [0.29, 0.717) is 12.6 Å². The first-order chi connectivity index (χ1) is 9.26. The fourth-order valence-corrected chi connectivity index (χ4v) is 2.52. The van der Waals surface area contributed by atoms with Gasteiger partial charge < -0.3 is 10.1 Å². The third-order valence-electron chi connectivity index (χ3n) is 2.93. The minimum absolute atomic E-state index is 0.138. The van der Waals surface area contributed by atoms with Crippen LogP contribution >= 0.6 is 15.9 Å². The molecule has 0 aliphatic rings. The number of hydrogen-bond acceptors (Lipinski definition) is 3. The van der Waals surface area contributed by atoms with Gasteiger partial charge in [-0.2, -0.15) is 5.10 Å². The Morgan fingerprint density at radius 2 is 2.05 bits per heavy atom. The lowest BCUT2D eigenvalue weighted by Crippen LogP contribution is -2.32. The van der Waals surface area contributed by atoms with Crippen LogP contribution in [0.2, 0.25) is 0 Å². The first kappa shape index (κ1) is 17.7. The van der Waals surface area contributed by atoms with Crippen molar-refractivity contribution in [1.82, 2.24) is 15.1 Å². The Morgan fingerprint density at radius 1 is 1.40 bits per heavy atom. The van der Waals surface area contributed by atoms with Gasteiger partial charge in [-0.1, -0.05) is 6.92 Å². The lowest BCUT2D eigenvalue weighted by molar-refractivity contribution is -0.0159. The second-order valence-electron chi connectivity index (χ2n) is 6.35. The molecule has 0 spiro atoms. The molecule has 0 radical (unpaired) electrons. The topological polar surface area (TPSA) is 39.1 Å². The van der Waals surface area contributed by atoms with Gasteiger partial charge in [-0.05, 0) is 63.5 Å². The molecule has 5 heteroatoms. The molecule has 116 valence electrons. The van der Waals surface area contributed by atoms with Crippen LogP contribution in [0.15, 0.2) is 10.7 Å². The molecule has 0 aliphatic heterocycles. The lowest BCUT2D eigenvalue weighted by Gasteiger charge is -2.27. The van der Waals surface area contributed by atoms with E-state index in [-0.39, 0.29) is 11.6 Å². The summed E-state index contributed by atoms with van der Waals surface area (Å²) < 4.78 is 9.08. The summed E-state index contributed by atoms with van der Waals surface area (Å²) in [5.41, 5.74) is 1.03. The molecule has 4 nitrogen and oxygen atoms in total. The number of ether oxygens (including phenoxy) is 1. The SMILES string of the molecule is CCCNC(COC(C)(C)C)c1c(Br)cnn1C(C)C. The molecule has 0 saturated carbocycles. The summed E-state index contributed by atoms with van der Waals surface area (Å²) in [6.45, 7) is 14.3. The highest BCUT2D eigenvalue weighted by atomic mass is 79.9. The molecule has 1 atom stereocenters. The highest BCUT2D eigenvalue weighted by molar-refractivity contribution is 9.10. The monoisotopic (exact) mass is 345 g/mol. The van der Waals surface area contributed by atoms with Crippen LogP contribution in [0.25, 0.3) is 0 Å². The molecule has 1 N–H and O–H groups in total. The molecule has 1 heterocycles. The van der Waals surface area contributed by atoms with Gasteiger partial charge in [0.15, 0.2) is 0 Å². The van der Waals surface area contributed by atoms with Crippen LogP contribution < -0.4 is 5.32 Å². The first-order valence-corrected chi connectivity index (χ1v) is 8.15. The molecule has 0 amide bonds. The van der Waals surface area contributed by atoms with Crippen LogP contribution in [-0.2, 0) is 4.74 Å². The van der Waals surface area contributed by atoms with E-state index in [9.17, 15) is 0 Å². The van der Waals surface area contributed by atoms with Gasteiger partial charge in [-0.25, -0.2) is 0 Å². The summed E-state index contributed by atoms with van der Waals surface area (Å²) in [6.07, 6.45) is 2.96. The molecule has 1 unspecified atom stereocenters. The number of aromatic nitrogens is 2. The lowest BCUT2D eigenvalue weighted by atomic mass is 10.1. The van der Waals surface area contributed by atoms with Crippen LogP contribution in [-0.4, -0.2) is 28.5 Å². The molecule has 0 aliphatic carbocycles. The van der Waals surface area contributed by atoms with Crippen molar-refractivity contribution < 1.29 is 4.74 Å². The van der Waals surface area contributed by atoms with Crippen molar-refractivity contribution in [2.75, 3.05) is 13.2 Å². The smallest absolute Gasteiger partial charge is 0.0741 e. The standard InChI is InChI=1S/C15H28BrN3O/c1-7-8-17-13(10-20-15(4,5)6)14-12(16)9-18-19(14)11(2)3/h9,11,13,17H,7-8,10H2,1-6H3. The summed E-state index contributed by atoms with van der Waals surface area (Å²) in [4.78, 5) is 0.